The monoisotopic (exact) mass is 241 g/mol. The Kier molecular flexibility index (Phi) is 5.00. The highest BCUT2D eigenvalue weighted by Crippen LogP contribution is 2.21. The molecule has 1 N–H and O–H groups in total. The number of hydrogen-bond donors (Lipinski definition) is 1. The summed E-state index contributed by atoms with van der Waals surface area (Å²) in [5.74, 6) is 0. The van der Waals surface area contributed by atoms with Crippen LogP contribution in [0, 0.1) is 0 Å². The van der Waals surface area contributed by atoms with Crippen LogP contribution in [-0.2, 0) is 4.74 Å². The molecule has 0 saturated carbocycles. The Labute approximate surface area is 103 Å². The first-order valence-corrected chi connectivity index (χ1v) is 6.21. The SMILES string of the molecule is CC(C)(C)OC(=O)N1CCC[C@H]1/C=C/CCO. The molecule has 1 saturated heterocycles. The van der Waals surface area contributed by atoms with Crippen molar-refractivity contribution in [2.75, 3.05) is 13.2 Å². The summed E-state index contributed by atoms with van der Waals surface area (Å²) in [5, 5.41) is 8.71. The zero-order valence-corrected chi connectivity index (χ0v) is 11.0. The van der Waals surface area contributed by atoms with Gasteiger partial charge in [0.25, 0.3) is 0 Å². The fourth-order valence-electron chi connectivity index (χ4n) is 1.87. The fourth-order valence-corrected chi connectivity index (χ4v) is 1.87. The summed E-state index contributed by atoms with van der Waals surface area (Å²) < 4.78 is 5.36. The summed E-state index contributed by atoms with van der Waals surface area (Å²) in [7, 11) is 0. The van der Waals surface area contributed by atoms with Crippen molar-refractivity contribution in [3.05, 3.63) is 12.2 Å². The first-order valence-electron chi connectivity index (χ1n) is 6.21. The average molecular weight is 241 g/mol. The Bertz CT molecular complexity index is 281. The molecule has 1 heterocycles. The van der Waals surface area contributed by atoms with Gasteiger partial charge in [0.2, 0.25) is 0 Å². The molecular weight excluding hydrogens is 218 g/mol. The molecule has 0 aliphatic carbocycles. The molecular formula is C13H23NO3. The second-order valence-corrected chi connectivity index (χ2v) is 5.32. The van der Waals surface area contributed by atoms with Gasteiger partial charge in [0.15, 0.2) is 0 Å². The van der Waals surface area contributed by atoms with Gasteiger partial charge in [-0.05, 0) is 40.0 Å². The number of aliphatic hydroxyl groups excluding tert-OH is 1. The van der Waals surface area contributed by atoms with Crippen LogP contribution in [0.2, 0.25) is 0 Å². The largest absolute Gasteiger partial charge is 0.444 e. The summed E-state index contributed by atoms with van der Waals surface area (Å²) in [6, 6.07) is 0.122. The predicted molar refractivity (Wildman–Crippen MR) is 66.8 cm³/mol. The lowest BCUT2D eigenvalue weighted by molar-refractivity contribution is 0.0256. The van der Waals surface area contributed by atoms with E-state index >= 15 is 0 Å². The number of likely N-dealkylation sites (tertiary alicyclic amines) is 1. The molecule has 0 aromatic heterocycles. The van der Waals surface area contributed by atoms with Crippen molar-refractivity contribution in [2.45, 2.75) is 51.7 Å². The van der Waals surface area contributed by atoms with Gasteiger partial charge in [-0.15, -0.1) is 0 Å². The van der Waals surface area contributed by atoms with E-state index in [2.05, 4.69) is 0 Å². The van der Waals surface area contributed by atoms with Gasteiger partial charge in [-0.25, -0.2) is 4.79 Å². The van der Waals surface area contributed by atoms with Crippen molar-refractivity contribution in [2.24, 2.45) is 0 Å². The topological polar surface area (TPSA) is 49.8 Å². The van der Waals surface area contributed by atoms with Crippen LogP contribution >= 0.6 is 0 Å². The standard InChI is InChI=1S/C13H23NO3/c1-13(2,3)17-12(16)14-9-6-8-11(14)7-4-5-10-15/h4,7,11,15H,5-6,8-10H2,1-3H3/b7-4+/t11-/m1/s1. The molecule has 0 bridgehead atoms. The molecule has 4 nitrogen and oxygen atoms in total. The molecule has 1 aliphatic rings. The smallest absolute Gasteiger partial charge is 0.410 e. The van der Waals surface area contributed by atoms with E-state index in [-0.39, 0.29) is 18.7 Å². The summed E-state index contributed by atoms with van der Waals surface area (Å²) in [4.78, 5) is 13.7. The van der Waals surface area contributed by atoms with Crippen molar-refractivity contribution < 1.29 is 14.6 Å². The van der Waals surface area contributed by atoms with E-state index in [9.17, 15) is 4.79 Å². The average Bonchev–Trinajstić information content (AvgIpc) is 2.64. The van der Waals surface area contributed by atoms with Crippen LogP contribution in [0.25, 0.3) is 0 Å². The van der Waals surface area contributed by atoms with E-state index in [0.717, 1.165) is 19.4 Å². The number of aliphatic hydroxyl groups is 1. The van der Waals surface area contributed by atoms with Crippen molar-refractivity contribution in [3.8, 4) is 0 Å². The third-order valence-corrected chi connectivity index (χ3v) is 2.58. The molecule has 0 unspecified atom stereocenters. The van der Waals surface area contributed by atoms with Gasteiger partial charge in [0.1, 0.15) is 5.60 Å². The van der Waals surface area contributed by atoms with E-state index in [1.54, 1.807) is 4.90 Å². The normalized spacial score (nSPS) is 21.2. The highest BCUT2D eigenvalue weighted by molar-refractivity contribution is 5.69. The minimum absolute atomic E-state index is 0.122. The third kappa shape index (κ3) is 4.77. The number of rotatable bonds is 3. The van der Waals surface area contributed by atoms with E-state index in [1.807, 2.05) is 32.9 Å². The number of nitrogens with zero attached hydrogens (tertiary/aromatic N) is 1. The van der Waals surface area contributed by atoms with Gasteiger partial charge >= 0.3 is 6.09 Å². The van der Waals surface area contributed by atoms with Crippen LogP contribution < -0.4 is 0 Å². The molecule has 0 spiro atoms. The second-order valence-electron chi connectivity index (χ2n) is 5.32. The van der Waals surface area contributed by atoms with Gasteiger partial charge in [-0.1, -0.05) is 12.2 Å². The molecule has 4 heteroatoms. The first kappa shape index (κ1) is 14.0. The van der Waals surface area contributed by atoms with Crippen molar-refractivity contribution >= 4 is 6.09 Å². The maximum atomic E-state index is 11.9. The Morgan fingerprint density at radius 2 is 2.24 bits per heavy atom. The molecule has 1 atom stereocenters. The summed E-state index contributed by atoms with van der Waals surface area (Å²) in [6.07, 6.45) is 6.29. The first-order chi connectivity index (χ1) is 7.94. The van der Waals surface area contributed by atoms with Crippen LogP contribution in [-0.4, -0.2) is 40.9 Å². The third-order valence-electron chi connectivity index (χ3n) is 2.58. The lowest BCUT2D eigenvalue weighted by atomic mass is 10.2. The van der Waals surface area contributed by atoms with Gasteiger partial charge in [-0.2, -0.15) is 0 Å². The van der Waals surface area contributed by atoms with E-state index in [4.69, 9.17) is 9.84 Å². The predicted octanol–water partition coefficient (Wildman–Crippen LogP) is 2.32. The molecule has 98 valence electrons. The van der Waals surface area contributed by atoms with Crippen molar-refractivity contribution in [3.63, 3.8) is 0 Å². The lowest BCUT2D eigenvalue weighted by Crippen LogP contribution is -2.39. The zero-order valence-electron chi connectivity index (χ0n) is 11.0. The minimum Gasteiger partial charge on any atom is -0.444 e. The van der Waals surface area contributed by atoms with Crippen LogP contribution in [0.5, 0.6) is 0 Å². The molecule has 0 radical (unpaired) electrons. The maximum absolute atomic E-state index is 11.9. The number of amides is 1. The molecule has 1 rings (SSSR count). The Morgan fingerprint density at radius 1 is 1.53 bits per heavy atom. The van der Waals surface area contributed by atoms with E-state index in [1.165, 1.54) is 0 Å². The van der Waals surface area contributed by atoms with Gasteiger partial charge in [0, 0.05) is 13.2 Å². The molecule has 1 aliphatic heterocycles. The number of hydrogen-bond acceptors (Lipinski definition) is 3. The molecule has 17 heavy (non-hydrogen) atoms. The molecule has 1 amide bonds. The number of ether oxygens (including phenoxy) is 1. The van der Waals surface area contributed by atoms with Crippen molar-refractivity contribution in [1.82, 2.24) is 4.90 Å². The van der Waals surface area contributed by atoms with Crippen LogP contribution in [0.4, 0.5) is 4.79 Å². The molecule has 0 aromatic rings. The van der Waals surface area contributed by atoms with Crippen LogP contribution in [0.3, 0.4) is 0 Å². The molecule has 1 fully saturated rings. The number of carbonyl (C=O) groups is 1. The van der Waals surface area contributed by atoms with E-state index < -0.39 is 5.60 Å². The highest BCUT2D eigenvalue weighted by atomic mass is 16.6. The van der Waals surface area contributed by atoms with Crippen molar-refractivity contribution in [1.29, 1.82) is 0 Å². The fraction of sp³-hybridized carbons (Fsp3) is 0.769. The van der Waals surface area contributed by atoms with Gasteiger partial charge in [0.05, 0.1) is 6.04 Å². The van der Waals surface area contributed by atoms with E-state index in [0.29, 0.717) is 6.42 Å². The Balaban J connectivity index is 2.54. The second kappa shape index (κ2) is 6.05. The zero-order chi connectivity index (χ0) is 12.9. The summed E-state index contributed by atoms with van der Waals surface area (Å²) in [6.45, 7) is 6.52. The lowest BCUT2D eigenvalue weighted by Gasteiger charge is -2.27. The van der Waals surface area contributed by atoms with Crippen LogP contribution in [0.15, 0.2) is 12.2 Å². The minimum atomic E-state index is -0.445. The van der Waals surface area contributed by atoms with Gasteiger partial charge in [-0.3, -0.25) is 0 Å². The Morgan fingerprint density at radius 3 is 2.82 bits per heavy atom. The maximum Gasteiger partial charge on any atom is 0.410 e. The van der Waals surface area contributed by atoms with Gasteiger partial charge < -0.3 is 14.7 Å². The molecule has 0 aromatic carbocycles. The quantitative estimate of drug-likeness (QED) is 0.771. The Hall–Kier alpha value is -1.03. The number of carbonyl (C=O) groups excluding carboxylic acids is 1. The highest BCUT2D eigenvalue weighted by Gasteiger charge is 2.30. The summed E-state index contributed by atoms with van der Waals surface area (Å²) in [5.41, 5.74) is -0.445. The van der Waals surface area contributed by atoms with Crippen LogP contribution in [0.1, 0.15) is 40.0 Å². The summed E-state index contributed by atoms with van der Waals surface area (Å²) >= 11 is 0.